The summed E-state index contributed by atoms with van der Waals surface area (Å²) in [5.41, 5.74) is 3.50. The summed E-state index contributed by atoms with van der Waals surface area (Å²) in [5, 5.41) is 13.1. The monoisotopic (exact) mass is 394 g/mol. The maximum Gasteiger partial charge on any atom is 0.239 e. The van der Waals surface area contributed by atoms with Gasteiger partial charge in [0.05, 0.1) is 29.2 Å². The molecule has 0 spiro atoms. The Morgan fingerprint density at radius 2 is 1.37 bits per heavy atom. The van der Waals surface area contributed by atoms with E-state index in [1.807, 2.05) is 66.7 Å². The summed E-state index contributed by atoms with van der Waals surface area (Å²) in [5.74, 6) is -1.84. The van der Waals surface area contributed by atoms with E-state index in [4.69, 9.17) is 0 Å². The van der Waals surface area contributed by atoms with Gasteiger partial charge in [0.25, 0.3) is 0 Å². The van der Waals surface area contributed by atoms with Crippen LogP contribution in [0.4, 0.5) is 5.69 Å². The number of carbonyl (C=O) groups is 2. The van der Waals surface area contributed by atoms with E-state index in [0.717, 1.165) is 22.3 Å². The number of benzene rings is 3. The molecule has 5 heteroatoms. The smallest absolute Gasteiger partial charge is 0.239 e. The normalized spacial score (nSPS) is 28.5. The molecule has 1 fully saturated rings. The Morgan fingerprint density at radius 1 is 0.800 bits per heavy atom. The molecule has 3 aliphatic carbocycles. The van der Waals surface area contributed by atoms with Gasteiger partial charge in [-0.2, -0.15) is 0 Å². The van der Waals surface area contributed by atoms with Gasteiger partial charge < -0.3 is 5.21 Å². The van der Waals surface area contributed by atoms with Crippen LogP contribution in [0.3, 0.4) is 0 Å². The largest absolute Gasteiger partial charge is 0.411 e. The third kappa shape index (κ3) is 1.85. The highest BCUT2D eigenvalue weighted by atomic mass is 16.4. The van der Waals surface area contributed by atoms with E-state index in [1.165, 1.54) is 11.1 Å². The van der Waals surface area contributed by atoms with E-state index in [9.17, 15) is 14.8 Å². The molecule has 0 aromatic heterocycles. The van der Waals surface area contributed by atoms with E-state index in [0.29, 0.717) is 5.69 Å². The predicted octanol–water partition coefficient (Wildman–Crippen LogP) is 3.70. The molecule has 4 aliphatic rings. The van der Waals surface area contributed by atoms with Crippen molar-refractivity contribution in [1.82, 2.24) is 0 Å². The molecule has 30 heavy (non-hydrogen) atoms. The summed E-state index contributed by atoms with van der Waals surface area (Å²) in [6, 6.07) is 24.8. The highest BCUT2D eigenvalue weighted by molar-refractivity contribution is 6.25. The lowest BCUT2D eigenvalue weighted by Crippen LogP contribution is -2.54. The molecule has 1 heterocycles. The maximum absolute atomic E-state index is 13.8. The van der Waals surface area contributed by atoms with Crippen LogP contribution in [0.5, 0.6) is 0 Å². The minimum Gasteiger partial charge on any atom is -0.411 e. The third-order valence-corrected chi connectivity index (χ3v) is 6.96. The second-order valence-corrected chi connectivity index (χ2v) is 8.12. The molecule has 7 rings (SSSR count). The molecule has 0 unspecified atom stereocenters. The lowest BCUT2D eigenvalue weighted by molar-refractivity contribution is -0.122. The molecule has 2 atom stereocenters. The van der Waals surface area contributed by atoms with Crippen molar-refractivity contribution >= 4 is 23.7 Å². The molecule has 5 nitrogen and oxygen atoms in total. The summed E-state index contributed by atoms with van der Waals surface area (Å²) in [6.07, 6.45) is 1.46. The maximum atomic E-state index is 13.8. The van der Waals surface area contributed by atoms with Gasteiger partial charge in [-0.15, -0.1) is 5.16 Å². The first-order valence-electron chi connectivity index (χ1n) is 10.0. The van der Waals surface area contributed by atoms with Gasteiger partial charge in [0.2, 0.25) is 11.8 Å². The van der Waals surface area contributed by atoms with Crippen LogP contribution in [0, 0.1) is 11.8 Å². The third-order valence-electron chi connectivity index (χ3n) is 6.96. The van der Waals surface area contributed by atoms with Crippen LogP contribution >= 0.6 is 0 Å². The van der Waals surface area contributed by atoms with Gasteiger partial charge in [-0.25, -0.2) is 4.90 Å². The van der Waals surface area contributed by atoms with Gasteiger partial charge in [0, 0.05) is 5.92 Å². The van der Waals surface area contributed by atoms with Gasteiger partial charge in [-0.05, 0) is 34.4 Å². The number of nitrogens with zero attached hydrogens (tertiary/aromatic N) is 2. The summed E-state index contributed by atoms with van der Waals surface area (Å²) in [4.78, 5) is 28.8. The molecule has 3 aromatic rings. The van der Waals surface area contributed by atoms with Crippen LogP contribution in [0.25, 0.3) is 0 Å². The van der Waals surface area contributed by atoms with Crippen LogP contribution in [0.15, 0.2) is 84.0 Å². The highest BCUT2D eigenvalue weighted by Gasteiger charge is 2.68. The summed E-state index contributed by atoms with van der Waals surface area (Å²) >= 11 is 0. The fourth-order valence-electron chi connectivity index (χ4n) is 5.97. The summed E-state index contributed by atoms with van der Waals surface area (Å²) in [6.45, 7) is 0. The molecule has 2 bridgehead atoms. The van der Waals surface area contributed by atoms with Crippen molar-refractivity contribution in [2.75, 3.05) is 4.90 Å². The number of carbonyl (C=O) groups excluding carboxylic acids is 2. The molecule has 146 valence electrons. The van der Waals surface area contributed by atoms with E-state index >= 15 is 0 Å². The Balaban J connectivity index is 1.68. The van der Waals surface area contributed by atoms with Crippen molar-refractivity contribution in [3.05, 3.63) is 101 Å². The molecule has 0 radical (unpaired) electrons. The minimum absolute atomic E-state index is 0.194. The topological polar surface area (TPSA) is 70.0 Å². The summed E-state index contributed by atoms with van der Waals surface area (Å²) < 4.78 is 0. The Labute approximate surface area is 173 Å². The number of anilines is 1. The number of hydrogen-bond donors (Lipinski definition) is 1. The van der Waals surface area contributed by atoms with E-state index in [1.54, 1.807) is 12.1 Å². The summed E-state index contributed by atoms with van der Waals surface area (Å²) in [7, 11) is 0. The van der Waals surface area contributed by atoms with Crippen molar-refractivity contribution in [3.8, 4) is 0 Å². The quantitative estimate of drug-likeness (QED) is 0.312. The van der Waals surface area contributed by atoms with E-state index < -0.39 is 17.3 Å². The highest BCUT2D eigenvalue weighted by Crippen LogP contribution is 2.63. The lowest BCUT2D eigenvalue weighted by atomic mass is 9.47. The van der Waals surface area contributed by atoms with Crippen LogP contribution in [0.2, 0.25) is 0 Å². The molecule has 3 aromatic carbocycles. The molecular formula is C25H18N2O3. The van der Waals surface area contributed by atoms with Gasteiger partial charge in [-0.3, -0.25) is 9.59 Å². The van der Waals surface area contributed by atoms with Crippen LogP contribution < -0.4 is 4.90 Å². The Hall–Kier alpha value is -3.73. The Morgan fingerprint density at radius 3 is 1.97 bits per heavy atom. The molecular weight excluding hydrogens is 376 g/mol. The van der Waals surface area contributed by atoms with Gasteiger partial charge >= 0.3 is 0 Å². The van der Waals surface area contributed by atoms with Gasteiger partial charge in [0.15, 0.2) is 0 Å². The Bertz CT molecular complexity index is 1190. The average molecular weight is 394 g/mol. The molecule has 1 N–H and O–H groups in total. The van der Waals surface area contributed by atoms with E-state index in [2.05, 4.69) is 5.16 Å². The van der Waals surface area contributed by atoms with Crippen molar-refractivity contribution in [3.63, 3.8) is 0 Å². The molecule has 2 amide bonds. The second-order valence-electron chi connectivity index (χ2n) is 8.12. The number of oxime groups is 1. The SMILES string of the molecule is O=C1[C@@H]2C3c4ccccc4C(/C=N\O)(c4ccccc43)[C@@H]2C(=O)N1c1ccccc1. The van der Waals surface area contributed by atoms with Crippen molar-refractivity contribution in [2.24, 2.45) is 17.0 Å². The zero-order valence-electron chi connectivity index (χ0n) is 16.0. The molecule has 0 saturated carbocycles. The predicted molar refractivity (Wildman–Crippen MR) is 112 cm³/mol. The minimum atomic E-state index is -0.988. The number of rotatable bonds is 2. The van der Waals surface area contributed by atoms with E-state index in [-0.39, 0.29) is 17.7 Å². The number of hydrogen-bond acceptors (Lipinski definition) is 4. The fraction of sp³-hybridized carbons (Fsp3) is 0.160. The second kappa shape index (κ2) is 5.89. The Kier molecular flexibility index (Phi) is 3.37. The zero-order valence-corrected chi connectivity index (χ0v) is 16.0. The first-order chi connectivity index (χ1) is 14.7. The number of amides is 2. The fourth-order valence-corrected chi connectivity index (χ4v) is 5.97. The lowest BCUT2D eigenvalue weighted by Gasteiger charge is -2.52. The first kappa shape index (κ1) is 17.2. The number of para-hydroxylation sites is 1. The van der Waals surface area contributed by atoms with Gasteiger partial charge in [0.1, 0.15) is 0 Å². The van der Waals surface area contributed by atoms with Crippen LogP contribution in [-0.4, -0.2) is 23.2 Å². The van der Waals surface area contributed by atoms with Crippen molar-refractivity contribution in [1.29, 1.82) is 0 Å². The van der Waals surface area contributed by atoms with Gasteiger partial charge in [-0.1, -0.05) is 66.7 Å². The van der Waals surface area contributed by atoms with Crippen LogP contribution in [0.1, 0.15) is 28.2 Å². The van der Waals surface area contributed by atoms with Crippen molar-refractivity contribution in [2.45, 2.75) is 11.3 Å². The first-order valence-corrected chi connectivity index (χ1v) is 10.0. The standard InChI is InChI=1S/C25H18N2O3/c28-23-21-20-16-10-4-6-12-18(16)25(14-26-30,19-13-7-5-11-17(19)20)22(21)24(29)27(23)15-8-2-1-3-9-15/h1-14,20-22,30H/b26-14-/t20?,21-,22+,25?/m1/s1. The number of imide groups is 1. The molecule has 1 saturated heterocycles. The average Bonchev–Trinajstić information content (AvgIpc) is 3.06. The van der Waals surface area contributed by atoms with Crippen LogP contribution in [-0.2, 0) is 15.0 Å². The molecule has 1 aliphatic heterocycles. The van der Waals surface area contributed by atoms with Crippen molar-refractivity contribution < 1.29 is 14.8 Å². The zero-order chi connectivity index (χ0) is 20.5.